The van der Waals surface area contributed by atoms with Crippen LogP contribution in [-0.2, 0) is 30.4 Å². The van der Waals surface area contributed by atoms with Gasteiger partial charge < -0.3 is 29.3 Å². The molecule has 4 fully saturated rings. The van der Waals surface area contributed by atoms with E-state index in [1.165, 1.54) is 0 Å². The van der Waals surface area contributed by atoms with Crippen LogP contribution < -0.4 is 0 Å². The fourth-order valence-corrected chi connectivity index (χ4v) is 8.38. The monoisotopic (exact) mass is 672 g/mol. The van der Waals surface area contributed by atoms with Crippen molar-refractivity contribution < 1.29 is 29.0 Å². The molecule has 0 aromatic heterocycles. The van der Waals surface area contributed by atoms with Crippen molar-refractivity contribution in [2.45, 2.75) is 48.4 Å². The number of aliphatic hydroxyl groups excluding tert-OH is 1. The van der Waals surface area contributed by atoms with E-state index in [4.69, 9.17) is 9.47 Å². The van der Waals surface area contributed by atoms with Gasteiger partial charge in [-0.2, -0.15) is 0 Å². The number of nitrogens with zero attached hydrogens (tertiary/aromatic N) is 4. The predicted molar refractivity (Wildman–Crippen MR) is 170 cm³/mol. The zero-order chi connectivity index (χ0) is 31.3. The van der Waals surface area contributed by atoms with Gasteiger partial charge in [-0.1, -0.05) is 58.4 Å². The maximum absolute atomic E-state index is 14.6. The Morgan fingerprint density at radius 2 is 1.75 bits per heavy atom. The van der Waals surface area contributed by atoms with Gasteiger partial charge in [-0.05, 0) is 24.8 Å². The molecule has 0 radical (unpaired) electrons. The van der Waals surface area contributed by atoms with Gasteiger partial charge in [0.25, 0.3) is 0 Å². The number of carbonyl (C=O) groups is 3. The van der Waals surface area contributed by atoms with Gasteiger partial charge in [0.15, 0.2) is 0 Å². The fourth-order valence-electron chi connectivity index (χ4n) is 7.44. The van der Waals surface area contributed by atoms with E-state index in [-0.39, 0.29) is 29.2 Å². The standard InChI is InChI=1S/C33H45BrN4O6/c1-3-12-36(16-15-35-17-20-43-21-18-35)32(42)29-33-22-25(34)28(44-33)26(27(33)31(41)38(29)14-8-9-19-39)30(40)37(13-4-2)23-24-10-6-5-7-11-24/h3-7,10-11,25-29,39H,1-2,8-9,12-23H2/t25?,26-,27+,28-,29?,33?/m1/s1. The molecule has 1 aromatic rings. The van der Waals surface area contributed by atoms with Crippen LogP contribution in [0.25, 0.3) is 0 Å². The molecule has 1 N–H and O–H groups in total. The molecule has 4 aliphatic heterocycles. The Labute approximate surface area is 268 Å². The third kappa shape index (κ3) is 6.39. The number of aliphatic hydroxyl groups is 1. The van der Waals surface area contributed by atoms with E-state index in [1.807, 2.05) is 30.3 Å². The highest BCUT2D eigenvalue weighted by atomic mass is 79.9. The van der Waals surface area contributed by atoms with Crippen molar-refractivity contribution in [1.82, 2.24) is 19.6 Å². The number of carbonyl (C=O) groups excluding carboxylic acids is 3. The van der Waals surface area contributed by atoms with Crippen molar-refractivity contribution in [3.8, 4) is 0 Å². The maximum Gasteiger partial charge on any atom is 0.248 e. The van der Waals surface area contributed by atoms with Crippen molar-refractivity contribution in [3.05, 3.63) is 61.2 Å². The van der Waals surface area contributed by atoms with Crippen molar-refractivity contribution in [2.24, 2.45) is 11.8 Å². The first-order valence-corrected chi connectivity index (χ1v) is 16.6. The topological polar surface area (TPSA) is 103 Å². The van der Waals surface area contributed by atoms with Gasteiger partial charge in [0, 0.05) is 63.8 Å². The van der Waals surface area contributed by atoms with Crippen molar-refractivity contribution in [2.75, 3.05) is 65.6 Å². The highest BCUT2D eigenvalue weighted by Gasteiger charge is 2.76. The van der Waals surface area contributed by atoms with E-state index in [0.29, 0.717) is 71.7 Å². The van der Waals surface area contributed by atoms with Crippen LogP contribution in [0.1, 0.15) is 24.8 Å². The van der Waals surface area contributed by atoms with E-state index in [1.54, 1.807) is 26.9 Å². The summed E-state index contributed by atoms with van der Waals surface area (Å²) in [6.45, 7) is 13.2. The number of benzene rings is 1. The van der Waals surface area contributed by atoms with E-state index in [9.17, 15) is 19.5 Å². The molecule has 4 heterocycles. The molecule has 4 aliphatic rings. The number of morpholine rings is 1. The number of unbranched alkanes of at least 4 members (excludes halogenated alkanes) is 1. The Morgan fingerprint density at radius 1 is 1.05 bits per heavy atom. The third-order valence-electron chi connectivity index (χ3n) is 9.44. The van der Waals surface area contributed by atoms with Crippen LogP contribution in [0.5, 0.6) is 0 Å². The number of halogens is 1. The summed E-state index contributed by atoms with van der Waals surface area (Å²) in [6, 6.07) is 8.88. The lowest BCUT2D eigenvalue weighted by Gasteiger charge is -2.38. The summed E-state index contributed by atoms with van der Waals surface area (Å²) in [6.07, 6.45) is 4.38. The molecule has 1 spiro atoms. The first-order valence-electron chi connectivity index (χ1n) is 15.7. The molecule has 1 aromatic carbocycles. The number of rotatable bonds is 15. The Morgan fingerprint density at radius 3 is 2.43 bits per heavy atom. The van der Waals surface area contributed by atoms with Crippen LogP contribution >= 0.6 is 15.9 Å². The summed E-state index contributed by atoms with van der Waals surface area (Å²) in [5.41, 5.74) is -0.147. The Hall–Kier alpha value is -2.57. The first kappa shape index (κ1) is 32.8. The van der Waals surface area contributed by atoms with Crippen LogP contribution in [-0.4, -0.2) is 131 Å². The Kier molecular flexibility index (Phi) is 10.9. The normalized spacial score (nSPS) is 29.5. The van der Waals surface area contributed by atoms with Crippen LogP contribution in [0.3, 0.4) is 0 Å². The van der Waals surface area contributed by atoms with Gasteiger partial charge in [-0.25, -0.2) is 0 Å². The highest BCUT2D eigenvalue weighted by molar-refractivity contribution is 9.09. The average Bonchev–Trinajstić information content (AvgIpc) is 3.62. The largest absolute Gasteiger partial charge is 0.396 e. The number of alkyl halides is 1. The highest BCUT2D eigenvalue weighted by Crippen LogP contribution is 2.60. The molecule has 3 amide bonds. The number of fused-ring (bicyclic) bond motifs is 1. The molecule has 44 heavy (non-hydrogen) atoms. The lowest BCUT2D eigenvalue weighted by molar-refractivity contribution is -0.149. The van der Waals surface area contributed by atoms with Gasteiger partial charge >= 0.3 is 0 Å². The van der Waals surface area contributed by atoms with E-state index in [0.717, 1.165) is 18.7 Å². The fraction of sp³-hybridized carbons (Fsp3) is 0.606. The molecule has 0 saturated carbocycles. The van der Waals surface area contributed by atoms with Crippen LogP contribution in [0, 0.1) is 11.8 Å². The van der Waals surface area contributed by atoms with Gasteiger partial charge in [0.2, 0.25) is 17.7 Å². The number of hydrogen-bond donors (Lipinski definition) is 1. The summed E-state index contributed by atoms with van der Waals surface area (Å²) in [5.74, 6) is -2.07. The van der Waals surface area contributed by atoms with Gasteiger partial charge in [-0.15, -0.1) is 13.2 Å². The lowest BCUT2D eigenvalue weighted by Crippen LogP contribution is -2.58. The number of ether oxygens (including phenoxy) is 2. The minimum Gasteiger partial charge on any atom is -0.396 e. The molecule has 4 saturated heterocycles. The molecular formula is C33H45BrN4O6. The van der Waals surface area contributed by atoms with Crippen LogP contribution in [0.2, 0.25) is 0 Å². The van der Waals surface area contributed by atoms with Crippen molar-refractivity contribution in [3.63, 3.8) is 0 Å². The van der Waals surface area contributed by atoms with Gasteiger partial charge in [-0.3, -0.25) is 19.3 Å². The zero-order valence-electron chi connectivity index (χ0n) is 25.4. The summed E-state index contributed by atoms with van der Waals surface area (Å²) < 4.78 is 12.2. The second-order valence-corrected chi connectivity index (χ2v) is 13.3. The Balaban J connectivity index is 1.45. The molecule has 3 unspecified atom stereocenters. The van der Waals surface area contributed by atoms with Crippen LogP contribution in [0.15, 0.2) is 55.6 Å². The molecular weight excluding hydrogens is 628 g/mol. The number of hydrogen-bond acceptors (Lipinski definition) is 7. The van der Waals surface area contributed by atoms with Crippen molar-refractivity contribution >= 4 is 33.7 Å². The van der Waals surface area contributed by atoms with Crippen LogP contribution in [0.4, 0.5) is 0 Å². The third-order valence-corrected chi connectivity index (χ3v) is 10.3. The second kappa shape index (κ2) is 14.7. The molecule has 240 valence electrons. The summed E-state index contributed by atoms with van der Waals surface area (Å²) in [7, 11) is 0. The molecule has 10 nitrogen and oxygen atoms in total. The summed E-state index contributed by atoms with van der Waals surface area (Å²) in [4.78, 5) is 50.6. The lowest BCUT2D eigenvalue weighted by atomic mass is 9.70. The molecule has 2 bridgehead atoms. The predicted octanol–water partition coefficient (Wildman–Crippen LogP) is 2.07. The molecule has 5 rings (SSSR count). The molecule has 6 atom stereocenters. The van der Waals surface area contributed by atoms with Crippen molar-refractivity contribution in [1.29, 1.82) is 0 Å². The van der Waals surface area contributed by atoms with E-state index < -0.39 is 29.6 Å². The van der Waals surface area contributed by atoms with E-state index in [2.05, 4.69) is 34.0 Å². The second-order valence-electron chi connectivity index (χ2n) is 12.1. The number of likely N-dealkylation sites (tertiary alicyclic amines) is 1. The van der Waals surface area contributed by atoms with Gasteiger partial charge in [0.1, 0.15) is 11.6 Å². The van der Waals surface area contributed by atoms with E-state index >= 15 is 0 Å². The minimum absolute atomic E-state index is 0.00346. The SMILES string of the molecule is C=CCN(CCN1CCOCC1)C(=O)C1N(CCCCO)C(=O)[C@@H]2[C@@H](C(=O)N(CC=C)Cc3ccccc3)[C@@H]3OC12CC3Br. The maximum atomic E-state index is 14.6. The average molecular weight is 674 g/mol. The molecule has 11 heteroatoms. The molecule has 0 aliphatic carbocycles. The zero-order valence-corrected chi connectivity index (χ0v) is 27.0. The smallest absolute Gasteiger partial charge is 0.248 e. The minimum atomic E-state index is -1.13. The number of amides is 3. The summed E-state index contributed by atoms with van der Waals surface area (Å²) >= 11 is 3.78. The van der Waals surface area contributed by atoms with Gasteiger partial charge in [0.05, 0.1) is 31.2 Å². The summed E-state index contributed by atoms with van der Waals surface area (Å²) in [5, 5.41) is 9.49. The Bertz CT molecular complexity index is 1200. The quantitative estimate of drug-likeness (QED) is 0.173. The first-order chi connectivity index (χ1) is 21.4.